The molecule has 28 heavy (non-hydrogen) atoms. The number of para-hydroxylation sites is 1. The Balaban J connectivity index is 1.63. The lowest BCUT2D eigenvalue weighted by atomic mass is 10.1. The zero-order chi connectivity index (χ0) is 20.1. The van der Waals surface area contributed by atoms with Crippen LogP contribution in [0.4, 0.5) is 5.69 Å². The van der Waals surface area contributed by atoms with Crippen molar-refractivity contribution in [2.45, 2.75) is 11.8 Å². The number of nitrogens with zero attached hydrogens (tertiary/aromatic N) is 2. The first-order chi connectivity index (χ1) is 13.5. The third kappa shape index (κ3) is 4.79. The number of hydrogen-bond acceptors (Lipinski definition) is 5. The van der Waals surface area contributed by atoms with Crippen LogP contribution in [0.25, 0.3) is 10.6 Å². The summed E-state index contributed by atoms with van der Waals surface area (Å²) >= 11 is 3.14. The van der Waals surface area contributed by atoms with Gasteiger partial charge in [-0.1, -0.05) is 24.3 Å². The molecule has 0 fully saturated rings. The Bertz CT molecular complexity index is 983. The monoisotopic (exact) mass is 411 g/mol. The lowest BCUT2D eigenvalue weighted by Crippen LogP contribution is -2.35. The summed E-state index contributed by atoms with van der Waals surface area (Å²) in [5, 5.41) is 5.79. The minimum absolute atomic E-state index is 0.0189. The Morgan fingerprint density at radius 2 is 1.86 bits per heavy atom. The molecule has 144 valence electrons. The van der Waals surface area contributed by atoms with Crippen LogP contribution in [-0.2, 0) is 4.79 Å². The van der Waals surface area contributed by atoms with Crippen molar-refractivity contribution in [2.75, 3.05) is 25.2 Å². The summed E-state index contributed by atoms with van der Waals surface area (Å²) in [6.45, 7) is 1.93. The fourth-order valence-corrected chi connectivity index (χ4v) is 4.04. The van der Waals surface area contributed by atoms with Crippen LogP contribution in [0.5, 0.6) is 0 Å². The number of likely N-dealkylation sites (N-methyl/N-ethyl adjacent to an activating group) is 1. The number of aromatic nitrogens is 1. The van der Waals surface area contributed by atoms with E-state index in [1.165, 1.54) is 4.90 Å². The second kappa shape index (κ2) is 9.03. The average molecular weight is 412 g/mol. The molecule has 0 unspecified atom stereocenters. The molecule has 0 aliphatic carbocycles. The van der Waals surface area contributed by atoms with E-state index in [2.05, 4.69) is 10.3 Å². The van der Waals surface area contributed by atoms with Crippen molar-refractivity contribution in [3.05, 3.63) is 65.2 Å². The van der Waals surface area contributed by atoms with Gasteiger partial charge in [0.2, 0.25) is 5.91 Å². The topological polar surface area (TPSA) is 62.3 Å². The van der Waals surface area contributed by atoms with Gasteiger partial charge in [0.1, 0.15) is 5.01 Å². The van der Waals surface area contributed by atoms with E-state index in [-0.39, 0.29) is 18.4 Å². The van der Waals surface area contributed by atoms with Crippen molar-refractivity contribution in [2.24, 2.45) is 0 Å². The van der Waals surface area contributed by atoms with Gasteiger partial charge in [-0.25, -0.2) is 4.98 Å². The molecule has 1 heterocycles. The first-order valence-electron chi connectivity index (χ1n) is 8.69. The molecule has 1 aromatic heterocycles. The van der Waals surface area contributed by atoms with E-state index < -0.39 is 0 Å². The molecule has 3 rings (SSSR count). The summed E-state index contributed by atoms with van der Waals surface area (Å²) in [7, 11) is 1.63. The van der Waals surface area contributed by atoms with Crippen molar-refractivity contribution in [3.8, 4) is 10.6 Å². The zero-order valence-electron chi connectivity index (χ0n) is 15.9. The van der Waals surface area contributed by atoms with Gasteiger partial charge < -0.3 is 10.2 Å². The Labute approximate surface area is 172 Å². The molecule has 0 saturated carbocycles. The predicted molar refractivity (Wildman–Crippen MR) is 116 cm³/mol. The van der Waals surface area contributed by atoms with Gasteiger partial charge in [-0.15, -0.1) is 23.1 Å². The molecular formula is C21H21N3O2S2. The van der Waals surface area contributed by atoms with Crippen LogP contribution >= 0.6 is 23.1 Å². The number of nitrogens with one attached hydrogen (secondary N) is 1. The molecule has 0 atom stereocenters. The van der Waals surface area contributed by atoms with E-state index in [1.54, 1.807) is 42.3 Å². The Morgan fingerprint density at radius 3 is 2.50 bits per heavy atom. The fraction of sp³-hybridized carbons (Fsp3) is 0.190. The normalized spacial score (nSPS) is 10.5. The molecule has 7 heteroatoms. The summed E-state index contributed by atoms with van der Waals surface area (Å²) in [6, 6.07) is 14.9. The van der Waals surface area contributed by atoms with Crippen molar-refractivity contribution in [1.82, 2.24) is 9.88 Å². The number of rotatable bonds is 6. The second-order valence-electron chi connectivity index (χ2n) is 6.28. The van der Waals surface area contributed by atoms with Crippen LogP contribution in [-0.4, -0.2) is 41.5 Å². The molecule has 0 aliphatic rings. The Kier molecular flexibility index (Phi) is 6.49. The molecule has 1 N–H and O–H groups in total. The van der Waals surface area contributed by atoms with Crippen molar-refractivity contribution in [3.63, 3.8) is 0 Å². The molecule has 0 aliphatic heterocycles. The highest BCUT2D eigenvalue weighted by atomic mass is 32.2. The van der Waals surface area contributed by atoms with E-state index in [9.17, 15) is 9.59 Å². The molecule has 5 nitrogen and oxygen atoms in total. The van der Waals surface area contributed by atoms with Gasteiger partial charge in [0, 0.05) is 34.1 Å². The highest BCUT2D eigenvalue weighted by Crippen LogP contribution is 2.25. The largest absolute Gasteiger partial charge is 0.332 e. The SMILES string of the molecule is CSc1ccccc1NC(=O)CN(C)C(=O)c1ccc(-c2nc(C)cs2)cc1. The smallest absolute Gasteiger partial charge is 0.254 e. The number of carbonyl (C=O) groups is 2. The summed E-state index contributed by atoms with van der Waals surface area (Å²) < 4.78 is 0. The van der Waals surface area contributed by atoms with Crippen molar-refractivity contribution in [1.29, 1.82) is 0 Å². The molecule has 0 saturated heterocycles. The number of benzene rings is 2. The molecule has 0 bridgehead atoms. The number of carbonyl (C=O) groups excluding carboxylic acids is 2. The van der Waals surface area contributed by atoms with Crippen LogP contribution in [0.15, 0.2) is 58.8 Å². The minimum Gasteiger partial charge on any atom is -0.332 e. The minimum atomic E-state index is -0.229. The Morgan fingerprint density at radius 1 is 1.14 bits per heavy atom. The van der Waals surface area contributed by atoms with E-state index in [1.807, 2.05) is 55.0 Å². The molecule has 0 radical (unpaired) electrons. The maximum absolute atomic E-state index is 12.6. The predicted octanol–water partition coefficient (Wildman–Crippen LogP) is 4.55. The van der Waals surface area contributed by atoms with Crippen molar-refractivity contribution < 1.29 is 9.59 Å². The van der Waals surface area contributed by atoms with E-state index >= 15 is 0 Å². The maximum atomic E-state index is 12.6. The van der Waals surface area contributed by atoms with Crippen LogP contribution in [0.1, 0.15) is 16.1 Å². The van der Waals surface area contributed by atoms with Crippen LogP contribution in [0, 0.1) is 6.92 Å². The lowest BCUT2D eigenvalue weighted by molar-refractivity contribution is -0.116. The molecule has 2 aromatic carbocycles. The lowest BCUT2D eigenvalue weighted by Gasteiger charge is -2.17. The highest BCUT2D eigenvalue weighted by Gasteiger charge is 2.16. The molecule has 0 spiro atoms. The quantitative estimate of drug-likeness (QED) is 0.605. The number of amides is 2. The average Bonchev–Trinajstić information content (AvgIpc) is 3.14. The highest BCUT2D eigenvalue weighted by molar-refractivity contribution is 7.98. The molecular weight excluding hydrogens is 390 g/mol. The molecule has 3 aromatic rings. The van der Waals surface area contributed by atoms with Gasteiger partial charge in [-0.05, 0) is 37.4 Å². The third-order valence-corrected chi connectivity index (χ3v) is 5.91. The summed E-state index contributed by atoms with van der Waals surface area (Å²) in [5.41, 5.74) is 3.25. The fourth-order valence-electron chi connectivity index (χ4n) is 2.69. The van der Waals surface area contributed by atoms with Crippen molar-refractivity contribution >= 4 is 40.6 Å². The number of anilines is 1. The van der Waals surface area contributed by atoms with Gasteiger partial charge in [0.25, 0.3) is 5.91 Å². The number of hydrogen-bond donors (Lipinski definition) is 1. The first-order valence-corrected chi connectivity index (χ1v) is 10.8. The number of aryl methyl sites for hydroxylation is 1. The van der Waals surface area contributed by atoms with Gasteiger partial charge in [-0.3, -0.25) is 9.59 Å². The first kappa shape index (κ1) is 20.1. The standard InChI is InChI=1S/C21H21N3O2S2/c1-14-13-28-20(22-14)15-8-10-16(11-9-15)21(26)24(2)12-19(25)23-17-6-4-5-7-18(17)27-3/h4-11,13H,12H2,1-3H3,(H,23,25). The third-order valence-electron chi connectivity index (χ3n) is 4.11. The summed E-state index contributed by atoms with van der Waals surface area (Å²) in [4.78, 5) is 31.8. The van der Waals surface area contributed by atoms with Gasteiger partial charge >= 0.3 is 0 Å². The van der Waals surface area contributed by atoms with E-state index in [0.29, 0.717) is 5.56 Å². The Hall–Kier alpha value is -2.64. The van der Waals surface area contributed by atoms with E-state index in [0.717, 1.165) is 26.8 Å². The number of thiazole rings is 1. The van der Waals surface area contributed by atoms with Crippen LogP contribution in [0.3, 0.4) is 0 Å². The van der Waals surface area contributed by atoms with Gasteiger partial charge in [0.15, 0.2) is 0 Å². The summed E-state index contributed by atoms with van der Waals surface area (Å²) in [5.74, 6) is -0.428. The van der Waals surface area contributed by atoms with Gasteiger partial charge in [-0.2, -0.15) is 0 Å². The van der Waals surface area contributed by atoms with Crippen LogP contribution < -0.4 is 5.32 Å². The summed E-state index contributed by atoms with van der Waals surface area (Å²) in [6.07, 6.45) is 1.96. The molecule has 2 amide bonds. The maximum Gasteiger partial charge on any atom is 0.254 e. The zero-order valence-corrected chi connectivity index (χ0v) is 17.6. The van der Waals surface area contributed by atoms with Crippen LogP contribution in [0.2, 0.25) is 0 Å². The van der Waals surface area contributed by atoms with E-state index in [4.69, 9.17) is 0 Å². The second-order valence-corrected chi connectivity index (χ2v) is 7.99. The number of thioether (sulfide) groups is 1. The van der Waals surface area contributed by atoms with Gasteiger partial charge in [0.05, 0.1) is 12.2 Å².